The fourth-order valence-corrected chi connectivity index (χ4v) is 3.64. The largest absolute Gasteiger partial charge is 0.508 e. The van der Waals surface area contributed by atoms with Crippen LogP contribution >= 0.6 is 0 Å². The fraction of sp³-hybridized carbons (Fsp3) is 0.538. The van der Waals surface area contributed by atoms with E-state index in [-0.39, 0.29) is 16.9 Å². The first-order valence-electron chi connectivity index (χ1n) is 6.35. The first kappa shape index (κ1) is 12.7. The number of phenolic OH excluding ortho intramolecular Hbond substituents is 1. The number of rotatable bonds is 3. The van der Waals surface area contributed by atoms with E-state index < -0.39 is 9.84 Å². The van der Waals surface area contributed by atoms with Crippen LogP contribution in [0.4, 0.5) is 5.69 Å². The van der Waals surface area contributed by atoms with Crippen LogP contribution in [-0.4, -0.2) is 56.6 Å². The highest BCUT2D eigenvalue weighted by Crippen LogP contribution is 2.44. The van der Waals surface area contributed by atoms with Crippen molar-refractivity contribution in [2.24, 2.45) is 0 Å². The van der Waals surface area contributed by atoms with E-state index in [1.54, 1.807) is 12.1 Å². The molecule has 1 saturated heterocycles. The van der Waals surface area contributed by atoms with Crippen LogP contribution in [0.1, 0.15) is 5.56 Å². The maximum Gasteiger partial charge on any atom is 0.148 e. The Kier molecular flexibility index (Phi) is 2.76. The average molecular weight is 282 g/mol. The van der Waals surface area contributed by atoms with Crippen molar-refractivity contribution >= 4 is 15.5 Å². The van der Waals surface area contributed by atoms with Gasteiger partial charge in [-0.1, -0.05) is 6.07 Å². The summed E-state index contributed by atoms with van der Waals surface area (Å²) in [6, 6.07) is 5.44. The van der Waals surface area contributed by atoms with E-state index >= 15 is 0 Å². The van der Waals surface area contributed by atoms with Crippen LogP contribution in [-0.2, 0) is 15.3 Å². The third kappa shape index (κ3) is 2.30. The molecule has 2 aliphatic rings. The molecule has 1 fully saturated rings. The number of fused-ring (bicyclic) bond motifs is 2. The second kappa shape index (κ2) is 4.11. The van der Waals surface area contributed by atoms with Crippen molar-refractivity contribution < 1.29 is 13.5 Å². The molecular weight excluding hydrogens is 264 g/mol. The number of hydrogen-bond donors (Lipinski definition) is 2. The molecule has 3 rings (SSSR count). The smallest absolute Gasteiger partial charge is 0.148 e. The number of hydrogen-bond acceptors (Lipinski definition) is 5. The monoisotopic (exact) mass is 282 g/mol. The number of sulfone groups is 1. The molecular formula is C13H18N2O3S. The Morgan fingerprint density at radius 1 is 1.42 bits per heavy atom. The molecule has 1 aromatic carbocycles. The van der Waals surface area contributed by atoms with Gasteiger partial charge >= 0.3 is 0 Å². The van der Waals surface area contributed by atoms with Gasteiger partial charge in [-0.05, 0) is 11.6 Å². The molecule has 1 aromatic rings. The Labute approximate surface area is 113 Å². The highest BCUT2D eigenvalue weighted by atomic mass is 32.2. The summed E-state index contributed by atoms with van der Waals surface area (Å²) in [5.41, 5.74) is 2.34. The Hall–Kier alpha value is -1.27. The lowest BCUT2D eigenvalue weighted by Gasteiger charge is -2.48. The van der Waals surface area contributed by atoms with Crippen molar-refractivity contribution in [2.75, 3.05) is 43.5 Å². The van der Waals surface area contributed by atoms with Crippen molar-refractivity contribution in [1.82, 2.24) is 4.90 Å². The molecule has 0 aromatic heterocycles. The number of likely N-dealkylation sites (tertiary alicyclic amines) is 1. The molecule has 0 atom stereocenters. The van der Waals surface area contributed by atoms with Gasteiger partial charge in [-0.15, -0.1) is 0 Å². The molecule has 0 saturated carbocycles. The number of anilines is 1. The zero-order chi connectivity index (χ0) is 13.7. The van der Waals surface area contributed by atoms with Gasteiger partial charge in [0.05, 0.1) is 5.75 Å². The molecule has 0 amide bonds. The molecule has 0 aliphatic carbocycles. The molecule has 0 radical (unpaired) electrons. The molecule has 2 heterocycles. The van der Waals surface area contributed by atoms with E-state index in [9.17, 15) is 13.5 Å². The van der Waals surface area contributed by atoms with Gasteiger partial charge in [0.15, 0.2) is 0 Å². The van der Waals surface area contributed by atoms with Crippen molar-refractivity contribution in [1.29, 1.82) is 0 Å². The van der Waals surface area contributed by atoms with Gasteiger partial charge in [-0.25, -0.2) is 8.42 Å². The number of nitrogens with zero attached hydrogens (tertiary/aromatic N) is 1. The SMILES string of the molecule is CS(=O)(=O)CCN1CC2(CNc3cc(O)ccc32)C1. The lowest BCUT2D eigenvalue weighted by molar-refractivity contribution is 0.0858. The minimum absolute atomic E-state index is 0.0978. The van der Waals surface area contributed by atoms with E-state index in [1.165, 1.54) is 11.8 Å². The van der Waals surface area contributed by atoms with Gasteiger partial charge in [-0.2, -0.15) is 0 Å². The highest BCUT2D eigenvalue weighted by Gasteiger charge is 2.48. The molecule has 6 heteroatoms. The van der Waals surface area contributed by atoms with Gasteiger partial charge < -0.3 is 15.3 Å². The normalized spacial score (nSPS) is 20.9. The quantitative estimate of drug-likeness (QED) is 0.840. The van der Waals surface area contributed by atoms with Crippen LogP contribution in [0.25, 0.3) is 0 Å². The topological polar surface area (TPSA) is 69.6 Å². The predicted octanol–water partition coefficient (Wildman–Crippen LogP) is 0.416. The van der Waals surface area contributed by atoms with Crippen molar-refractivity contribution in [3.63, 3.8) is 0 Å². The Balaban J connectivity index is 1.68. The zero-order valence-corrected chi connectivity index (χ0v) is 11.7. The number of phenols is 1. The van der Waals surface area contributed by atoms with E-state index in [4.69, 9.17) is 0 Å². The zero-order valence-electron chi connectivity index (χ0n) is 10.9. The van der Waals surface area contributed by atoms with Gasteiger partial charge in [-0.3, -0.25) is 0 Å². The molecule has 2 aliphatic heterocycles. The molecule has 19 heavy (non-hydrogen) atoms. The average Bonchev–Trinajstić information content (AvgIpc) is 2.62. The summed E-state index contributed by atoms with van der Waals surface area (Å²) in [6.45, 7) is 3.23. The van der Waals surface area contributed by atoms with Crippen LogP contribution in [0.15, 0.2) is 18.2 Å². The molecule has 0 unspecified atom stereocenters. The summed E-state index contributed by atoms with van der Waals surface area (Å²) >= 11 is 0. The number of benzene rings is 1. The highest BCUT2D eigenvalue weighted by molar-refractivity contribution is 7.90. The molecule has 1 spiro atoms. The molecule has 2 N–H and O–H groups in total. The van der Waals surface area contributed by atoms with Crippen molar-refractivity contribution in [3.8, 4) is 5.75 Å². The summed E-state index contributed by atoms with van der Waals surface area (Å²) in [5.74, 6) is 0.496. The summed E-state index contributed by atoms with van der Waals surface area (Å²) in [7, 11) is -2.89. The molecule has 0 bridgehead atoms. The Bertz CT molecular complexity index is 606. The van der Waals surface area contributed by atoms with Gasteiger partial charge in [0.1, 0.15) is 15.6 Å². The minimum Gasteiger partial charge on any atom is -0.508 e. The third-order valence-electron chi connectivity index (χ3n) is 4.02. The van der Waals surface area contributed by atoms with Gasteiger partial charge in [0.2, 0.25) is 0 Å². The van der Waals surface area contributed by atoms with Crippen LogP contribution < -0.4 is 5.32 Å². The van der Waals surface area contributed by atoms with Crippen molar-refractivity contribution in [3.05, 3.63) is 23.8 Å². The first-order valence-corrected chi connectivity index (χ1v) is 8.42. The van der Waals surface area contributed by atoms with Gasteiger partial charge in [0.25, 0.3) is 0 Å². The molecule has 104 valence electrons. The van der Waals surface area contributed by atoms with Crippen LogP contribution in [0, 0.1) is 0 Å². The standard InChI is InChI=1S/C13H18N2O3S/c1-19(17,18)5-4-15-8-13(9-15)7-14-12-6-10(16)2-3-11(12)13/h2-3,6,14,16H,4-5,7-9H2,1H3. The molecule has 5 nitrogen and oxygen atoms in total. The number of aromatic hydroxyl groups is 1. The summed E-state index contributed by atoms with van der Waals surface area (Å²) in [4.78, 5) is 2.17. The lowest BCUT2D eigenvalue weighted by atomic mass is 9.75. The van der Waals surface area contributed by atoms with E-state index in [0.717, 1.165) is 25.3 Å². The Morgan fingerprint density at radius 2 is 2.16 bits per heavy atom. The summed E-state index contributed by atoms with van der Waals surface area (Å²) in [5, 5.41) is 12.8. The summed E-state index contributed by atoms with van der Waals surface area (Å²) in [6.07, 6.45) is 1.28. The second-order valence-electron chi connectivity index (χ2n) is 5.70. The van der Waals surface area contributed by atoms with E-state index in [2.05, 4.69) is 10.2 Å². The lowest BCUT2D eigenvalue weighted by Crippen LogP contribution is -2.61. The van der Waals surface area contributed by atoms with E-state index in [0.29, 0.717) is 6.54 Å². The van der Waals surface area contributed by atoms with Crippen LogP contribution in [0.2, 0.25) is 0 Å². The summed E-state index contributed by atoms with van der Waals surface area (Å²) < 4.78 is 22.3. The number of nitrogens with one attached hydrogen (secondary N) is 1. The maximum atomic E-state index is 11.2. The van der Waals surface area contributed by atoms with E-state index in [1.807, 2.05) is 6.07 Å². The first-order chi connectivity index (χ1) is 8.88. The van der Waals surface area contributed by atoms with Gasteiger partial charge in [0, 0.05) is 49.6 Å². The minimum atomic E-state index is -2.89. The third-order valence-corrected chi connectivity index (χ3v) is 4.95. The second-order valence-corrected chi connectivity index (χ2v) is 7.96. The van der Waals surface area contributed by atoms with Crippen LogP contribution in [0.5, 0.6) is 5.75 Å². The maximum absolute atomic E-state index is 11.2. The fourth-order valence-electron chi connectivity index (χ4n) is 3.05. The Morgan fingerprint density at radius 3 is 2.84 bits per heavy atom. The predicted molar refractivity (Wildman–Crippen MR) is 74.4 cm³/mol. The van der Waals surface area contributed by atoms with Crippen LogP contribution in [0.3, 0.4) is 0 Å². The van der Waals surface area contributed by atoms with Crippen molar-refractivity contribution in [2.45, 2.75) is 5.41 Å².